The van der Waals surface area contributed by atoms with E-state index in [4.69, 9.17) is 4.74 Å². The molecular weight excluding hydrogens is 356 g/mol. The van der Waals surface area contributed by atoms with E-state index in [0.717, 1.165) is 25.8 Å². The SMILES string of the molecule is CC[C@@]12CC3(C)O[C@@H]1C(c1ccccc1)=CN1CCc4c(n3c3ccccc43)[C@@H]12. The number of aromatic nitrogens is 1. The van der Waals surface area contributed by atoms with Crippen LogP contribution in [0.25, 0.3) is 16.5 Å². The largest absolute Gasteiger partial charge is 0.368 e. The summed E-state index contributed by atoms with van der Waals surface area (Å²) in [7, 11) is 0. The van der Waals surface area contributed by atoms with Crippen LogP contribution in [-0.2, 0) is 16.9 Å². The third-order valence-electron chi connectivity index (χ3n) is 8.15. The van der Waals surface area contributed by atoms with Crippen LogP contribution in [0.4, 0.5) is 0 Å². The monoisotopic (exact) mass is 382 g/mol. The smallest absolute Gasteiger partial charge is 0.143 e. The Kier molecular flexibility index (Phi) is 2.89. The number of hydrogen-bond donors (Lipinski definition) is 0. The van der Waals surface area contributed by atoms with Crippen LogP contribution in [0.1, 0.15) is 49.6 Å². The van der Waals surface area contributed by atoms with Gasteiger partial charge in [-0.05, 0) is 37.0 Å². The van der Waals surface area contributed by atoms with Crippen LogP contribution in [0.3, 0.4) is 0 Å². The first-order valence-electron chi connectivity index (χ1n) is 11.0. The molecule has 3 aromatic rings. The molecule has 4 aliphatic heterocycles. The van der Waals surface area contributed by atoms with Crippen molar-refractivity contribution in [3.8, 4) is 0 Å². The molecule has 0 spiro atoms. The molecule has 5 heterocycles. The molecular formula is C26H26N2O. The highest BCUT2D eigenvalue weighted by molar-refractivity contribution is 5.87. The summed E-state index contributed by atoms with van der Waals surface area (Å²) in [5, 5.41) is 1.43. The van der Waals surface area contributed by atoms with Gasteiger partial charge in [-0.15, -0.1) is 0 Å². The van der Waals surface area contributed by atoms with E-state index in [9.17, 15) is 0 Å². The molecule has 146 valence electrons. The number of rotatable bonds is 2. The van der Waals surface area contributed by atoms with Crippen molar-refractivity contribution in [2.75, 3.05) is 6.54 Å². The molecule has 3 heteroatoms. The molecule has 0 saturated carbocycles. The maximum Gasteiger partial charge on any atom is 0.143 e. The zero-order chi connectivity index (χ0) is 19.4. The molecule has 3 nitrogen and oxygen atoms in total. The Morgan fingerprint density at radius 3 is 2.69 bits per heavy atom. The van der Waals surface area contributed by atoms with Crippen LogP contribution >= 0.6 is 0 Å². The van der Waals surface area contributed by atoms with E-state index in [1.165, 1.54) is 27.7 Å². The summed E-state index contributed by atoms with van der Waals surface area (Å²) < 4.78 is 9.67. The summed E-state index contributed by atoms with van der Waals surface area (Å²) in [5.41, 5.74) is 6.96. The average molecular weight is 383 g/mol. The summed E-state index contributed by atoms with van der Waals surface area (Å²) in [4.78, 5) is 2.65. The van der Waals surface area contributed by atoms with Gasteiger partial charge >= 0.3 is 0 Å². The fourth-order valence-electron chi connectivity index (χ4n) is 7.12. The Morgan fingerprint density at radius 2 is 1.86 bits per heavy atom. The molecule has 1 aromatic heterocycles. The van der Waals surface area contributed by atoms with E-state index in [0.29, 0.717) is 6.04 Å². The van der Waals surface area contributed by atoms with Crippen molar-refractivity contribution in [3.05, 3.63) is 77.6 Å². The molecule has 4 atom stereocenters. The van der Waals surface area contributed by atoms with Crippen molar-refractivity contribution < 1.29 is 4.74 Å². The molecule has 1 fully saturated rings. The predicted molar refractivity (Wildman–Crippen MR) is 115 cm³/mol. The van der Waals surface area contributed by atoms with Gasteiger partial charge in [0.05, 0.1) is 17.7 Å². The fourth-order valence-corrected chi connectivity index (χ4v) is 7.12. The maximum atomic E-state index is 7.10. The third-order valence-corrected chi connectivity index (χ3v) is 8.15. The van der Waals surface area contributed by atoms with Gasteiger partial charge in [0.25, 0.3) is 0 Å². The van der Waals surface area contributed by atoms with E-state index in [2.05, 4.69) is 84.1 Å². The molecule has 4 aliphatic rings. The lowest BCUT2D eigenvalue weighted by Crippen LogP contribution is -2.53. The lowest BCUT2D eigenvalue weighted by molar-refractivity contribution is -0.0643. The Morgan fingerprint density at radius 1 is 1.07 bits per heavy atom. The number of ether oxygens (including phenoxy) is 1. The molecule has 0 radical (unpaired) electrons. The summed E-state index contributed by atoms with van der Waals surface area (Å²) in [6.45, 7) is 5.79. The van der Waals surface area contributed by atoms with Gasteiger partial charge in [0.15, 0.2) is 0 Å². The van der Waals surface area contributed by atoms with E-state index in [-0.39, 0.29) is 17.2 Å². The molecule has 1 saturated heterocycles. The zero-order valence-corrected chi connectivity index (χ0v) is 17.1. The quantitative estimate of drug-likeness (QED) is 0.585. The van der Waals surface area contributed by atoms with Gasteiger partial charge in [-0.3, -0.25) is 0 Å². The number of fused-ring (bicyclic) bond motifs is 5. The second kappa shape index (κ2) is 5.14. The second-order valence-electron chi connectivity index (χ2n) is 9.49. The van der Waals surface area contributed by atoms with Gasteiger partial charge in [-0.2, -0.15) is 0 Å². The number of benzene rings is 2. The van der Waals surface area contributed by atoms with Gasteiger partial charge in [0, 0.05) is 41.2 Å². The van der Waals surface area contributed by atoms with Crippen molar-refractivity contribution in [2.45, 2.75) is 51.0 Å². The molecule has 29 heavy (non-hydrogen) atoms. The highest BCUT2D eigenvalue weighted by atomic mass is 16.5. The van der Waals surface area contributed by atoms with Crippen molar-refractivity contribution in [1.29, 1.82) is 0 Å². The van der Waals surface area contributed by atoms with Crippen LogP contribution in [0.2, 0.25) is 0 Å². The van der Waals surface area contributed by atoms with E-state index in [1.54, 1.807) is 5.56 Å². The van der Waals surface area contributed by atoms with Crippen molar-refractivity contribution in [2.24, 2.45) is 5.41 Å². The van der Waals surface area contributed by atoms with Crippen LogP contribution in [0.5, 0.6) is 0 Å². The van der Waals surface area contributed by atoms with Crippen LogP contribution < -0.4 is 0 Å². The highest BCUT2D eigenvalue weighted by Crippen LogP contribution is 2.68. The number of nitrogens with zero attached hydrogens (tertiary/aromatic N) is 2. The standard InChI is InChI=1S/C26H26N2O/c1-3-26-16-25(2)28-21-12-8-7-11-18(21)19-13-14-27(23(26)22(19)28)15-20(24(26)29-25)17-9-5-4-6-10-17/h4-12,15,23-24H,3,13-14,16H2,1-2H3/t23-,24-,25?,26+/m1/s1. The first-order valence-corrected chi connectivity index (χ1v) is 11.0. The van der Waals surface area contributed by atoms with Crippen molar-refractivity contribution >= 4 is 16.5 Å². The molecule has 1 unspecified atom stereocenters. The Bertz CT molecular complexity index is 1190. The Balaban J connectivity index is 1.56. The third kappa shape index (κ3) is 1.75. The molecule has 0 amide bonds. The van der Waals surface area contributed by atoms with Gasteiger partial charge < -0.3 is 14.2 Å². The van der Waals surface area contributed by atoms with Crippen LogP contribution in [0.15, 0.2) is 60.8 Å². The minimum atomic E-state index is -0.286. The maximum absolute atomic E-state index is 7.10. The summed E-state index contributed by atoms with van der Waals surface area (Å²) >= 11 is 0. The minimum absolute atomic E-state index is 0.133. The molecule has 0 aliphatic carbocycles. The lowest BCUT2D eigenvalue weighted by Gasteiger charge is -2.54. The van der Waals surface area contributed by atoms with Gasteiger partial charge in [0.1, 0.15) is 5.72 Å². The van der Waals surface area contributed by atoms with E-state index >= 15 is 0 Å². The molecule has 0 N–H and O–H groups in total. The molecule has 2 bridgehead atoms. The zero-order valence-electron chi connectivity index (χ0n) is 17.1. The van der Waals surface area contributed by atoms with E-state index in [1.807, 2.05) is 0 Å². The lowest BCUT2D eigenvalue weighted by atomic mass is 9.62. The van der Waals surface area contributed by atoms with Gasteiger partial charge in [-0.1, -0.05) is 55.5 Å². The average Bonchev–Trinajstić information content (AvgIpc) is 3.25. The van der Waals surface area contributed by atoms with Crippen LogP contribution in [0, 0.1) is 5.41 Å². The van der Waals surface area contributed by atoms with Gasteiger partial charge in [0.2, 0.25) is 0 Å². The topological polar surface area (TPSA) is 17.4 Å². The van der Waals surface area contributed by atoms with Crippen molar-refractivity contribution in [1.82, 2.24) is 9.47 Å². The number of para-hydroxylation sites is 1. The second-order valence-corrected chi connectivity index (χ2v) is 9.49. The van der Waals surface area contributed by atoms with Crippen molar-refractivity contribution in [3.63, 3.8) is 0 Å². The molecule has 2 aromatic carbocycles. The summed E-state index contributed by atoms with van der Waals surface area (Å²) in [6, 6.07) is 20.3. The Hall–Kier alpha value is -2.52. The minimum Gasteiger partial charge on any atom is -0.368 e. The summed E-state index contributed by atoms with van der Waals surface area (Å²) in [5.74, 6) is 0. The van der Waals surface area contributed by atoms with Gasteiger partial charge in [-0.25, -0.2) is 0 Å². The summed E-state index contributed by atoms with van der Waals surface area (Å²) in [6.07, 6.45) is 5.90. The predicted octanol–water partition coefficient (Wildman–Crippen LogP) is 5.47. The first-order chi connectivity index (χ1) is 14.2. The normalized spacial score (nSPS) is 33.9. The Labute approximate surface area is 171 Å². The highest BCUT2D eigenvalue weighted by Gasteiger charge is 2.67. The number of hydrogen-bond acceptors (Lipinski definition) is 2. The first kappa shape index (κ1) is 16.3. The fraction of sp³-hybridized carbons (Fsp3) is 0.385. The van der Waals surface area contributed by atoms with E-state index < -0.39 is 0 Å². The molecule has 7 rings (SSSR count). The van der Waals surface area contributed by atoms with Crippen LogP contribution in [-0.4, -0.2) is 22.1 Å².